The van der Waals surface area contributed by atoms with E-state index in [1.807, 2.05) is 0 Å². The van der Waals surface area contributed by atoms with E-state index in [-0.39, 0.29) is 0 Å². The molecule has 2 N–H and O–H groups in total. The standard InChI is InChI=1S/C5H9BrO2/c1-4(2-3-6)5(7)8/h2,5,7-8H,3H2,1H3. The van der Waals surface area contributed by atoms with Crippen LogP contribution in [0.4, 0.5) is 0 Å². The summed E-state index contributed by atoms with van der Waals surface area (Å²) in [5.74, 6) is 0. The topological polar surface area (TPSA) is 40.5 Å². The van der Waals surface area contributed by atoms with Crippen molar-refractivity contribution in [3.63, 3.8) is 0 Å². The molecule has 0 heterocycles. The summed E-state index contributed by atoms with van der Waals surface area (Å²) < 4.78 is 0. The largest absolute Gasteiger partial charge is 0.365 e. The lowest BCUT2D eigenvalue weighted by molar-refractivity contribution is -0.00771. The van der Waals surface area contributed by atoms with E-state index >= 15 is 0 Å². The van der Waals surface area contributed by atoms with Gasteiger partial charge in [0.1, 0.15) is 0 Å². The van der Waals surface area contributed by atoms with E-state index in [9.17, 15) is 0 Å². The molecule has 48 valence electrons. The van der Waals surface area contributed by atoms with Crippen molar-refractivity contribution < 1.29 is 10.2 Å². The van der Waals surface area contributed by atoms with Gasteiger partial charge in [-0.15, -0.1) is 0 Å². The Morgan fingerprint density at radius 3 is 2.38 bits per heavy atom. The quantitative estimate of drug-likeness (QED) is 0.372. The molecule has 0 unspecified atom stereocenters. The molecule has 0 aliphatic heterocycles. The normalized spacial score (nSPS) is 12.9. The maximum Gasteiger partial charge on any atom is 0.174 e. The number of hydrogen-bond donors (Lipinski definition) is 2. The average molecular weight is 181 g/mol. The number of alkyl halides is 1. The average Bonchev–Trinajstić information content (AvgIpc) is 1.67. The highest BCUT2D eigenvalue weighted by molar-refractivity contribution is 9.09. The number of halogens is 1. The van der Waals surface area contributed by atoms with Crippen LogP contribution in [0.15, 0.2) is 11.6 Å². The summed E-state index contributed by atoms with van der Waals surface area (Å²) in [5, 5.41) is 17.5. The van der Waals surface area contributed by atoms with Crippen LogP contribution in [-0.2, 0) is 0 Å². The molecule has 0 radical (unpaired) electrons. The molecular formula is C5H9BrO2. The number of aliphatic hydroxyl groups is 2. The van der Waals surface area contributed by atoms with Gasteiger partial charge in [0, 0.05) is 5.33 Å². The van der Waals surface area contributed by atoms with Crippen LogP contribution in [0.5, 0.6) is 0 Å². The van der Waals surface area contributed by atoms with Crippen LogP contribution >= 0.6 is 15.9 Å². The monoisotopic (exact) mass is 180 g/mol. The second kappa shape index (κ2) is 4.06. The van der Waals surface area contributed by atoms with Gasteiger partial charge in [-0.3, -0.25) is 0 Å². The lowest BCUT2D eigenvalue weighted by Crippen LogP contribution is -2.05. The number of aliphatic hydroxyl groups excluding tert-OH is 1. The molecule has 0 atom stereocenters. The van der Waals surface area contributed by atoms with Crippen molar-refractivity contribution in [2.45, 2.75) is 13.2 Å². The lowest BCUT2D eigenvalue weighted by atomic mass is 10.3. The molecule has 0 saturated carbocycles. The molecule has 3 heteroatoms. The van der Waals surface area contributed by atoms with Crippen LogP contribution in [0.3, 0.4) is 0 Å². The van der Waals surface area contributed by atoms with Crippen LogP contribution in [0.2, 0.25) is 0 Å². The first kappa shape index (κ1) is 8.14. The van der Waals surface area contributed by atoms with Crippen LogP contribution in [-0.4, -0.2) is 21.8 Å². The zero-order chi connectivity index (χ0) is 6.57. The summed E-state index contributed by atoms with van der Waals surface area (Å²) in [7, 11) is 0. The second-order valence-corrected chi connectivity index (χ2v) is 2.12. The zero-order valence-electron chi connectivity index (χ0n) is 4.63. The van der Waals surface area contributed by atoms with Crippen molar-refractivity contribution >= 4 is 15.9 Å². The van der Waals surface area contributed by atoms with Gasteiger partial charge < -0.3 is 10.2 Å². The van der Waals surface area contributed by atoms with Gasteiger partial charge in [0.2, 0.25) is 0 Å². The summed E-state index contributed by atoms with van der Waals surface area (Å²) in [5.41, 5.74) is 0.571. The van der Waals surface area contributed by atoms with Crippen LogP contribution in [0, 0.1) is 0 Å². The molecule has 8 heavy (non-hydrogen) atoms. The Bertz CT molecular complexity index is 88.4. The van der Waals surface area contributed by atoms with E-state index in [2.05, 4.69) is 15.9 Å². The van der Waals surface area contributed by atoms with Gasteiger partial charge in [-0.1, -0.05) is 22.0 Å². The number of hydrogen-bond acceptors (Lipinski definition) is 2. The van der Waals surface area contributed by atoms with Gasteiger partial charge in [0.05, 0.1) is 0 Å². The van der Waals surface area contributed by atoms with Crippen molar-refractivity contribution in [2.75, 3.05) is 5.33 Å². The molecule has 2 nitrogen and oxygen atoms in total. The Balaban J connectivity index is 3.61. The number of rotatable bonds is 2. The van der Waals surface area contributed by atoms with Gasteiger partial charge in [0.15, 0.2) is 6.29 Å². The van der Waals surface area contributed by atoms with E-state index in [4.69, 9.17) is 10.2 Å². The fraction of sp³-hybridized carbons (Fsp3) is 0.600. The van der Waals surface area contributed by atoms with Crippen LogP contribution in [0.1, 0.15) is 6.92 Å². The minimum atomic E-state index is -1.30. The SMILES string of the molecule is CC(=CCBr)C(O)O. The molecule has 0 aromatic heterocycles. The third-order valence-corrected chi connectivity index (χ3v) is 1.13. The molecule has 0 fully saturated rings. The predicted molar refractivity (Wildman–Crippen MR) is 35.8 cm³/mol. The van der Waals surface area contributed by atoms with Gasteiger partial charge in [-0.25, -0.2) is 0 Å². The van der Waals surface area contributed by atoms with E-state index in [0.717, 1.165) is 0 Å². The summed E-state index contributed by atoms with van der Waals surface area (Å²) >= 11 is 3.12. The molecule has 0 bridgehead atoms. The van der Waals surface area contributed by atoms with E-state index in [0.29, 0.717) is 10.9 Å². The summed E-state index contributed by atoms with van der Waals surface area (Å²) in [4.78, 5) is 0. The Labute approximate surface area is 57.0 Å². The van der Waals surface area contributed by atoms with Crippen molar-refractivity contribution in [1.82, 2.24) is 0 Å². The van der Waals surface area contributed by atoms with E-state index < -0.39 is 6.29 Å². The summed E-state index contributed by atoms with van der Waals surface area (Å²) in [6.07, 6.45) is 0.401. The molecular weight excluding hydrogens is 172 g/mol. The maximum absolute atomic E-state index is 8.42. The first-order chi connectivity index (χ1) is 3.68. The van der Waals surface area contributed by atoms with Crippen molar-refractivity contribution in [3.8, 4) is 0 Å². The highest BCUT2D eigenvalue weighted by Crippen LogP contribution is 1.97. The van der Waals surface area contributed by atoms with Crippen molar-refractivity contribution in [3.05, 3.63) is 11.6 Å². The van der Waals surface area contributed by atoms with Gasteiger partial charge in [-0.2, -0.15) is 0 Å². The summed E-state index contributed by atoms with van der Waals surface area (Å²) in [6, 6.07) is 0. The Morgan fingerprint density at radius 2 is 2.25 bits per heavy atom. The minimum Gasteiger partial charge on any atom is -0.365 e. The molecule has 0 saturated heterocycles. The highest BCUT2D eigenvalue weighted by Gasteiger charge is 1.95. The minimum absolute atomic E-state index is 0.571. The van der Waals surface area contributed by atoms with E-state index in [1.54, 1.807) is 13.0 Å². The Kier molecular flexibility index (Phi) is 4.13. The molecule has 0 rings (SSSR count). The maximum atomic E-state index is 8.42. The Hall–Kier alpha value is 0.140. The predicted octanol–water partition coefficient (Wildman–Crippen LogP) is 0.638. The highest BCUT2D eigenvalue weighted by atomic mass is 79.9. The first-order valence-electron chi connectivity index (χ1n) is 2.27. The second-order valence-electron chi connectivity index (χ2n) is 1.48. The lowest BCUT2D eigenvalue weighted by Gasteiger charge is -1.99. The van der Waals surface area contributed by atoms with Gasteiger partial charge in [-0.05, 0) is 12.5 Å². The van der Waals surface area contributed by atoms with Crippen molar-refractivity contribution in [2.24, 2.45) is 0 Å². The molecule has 0 aromatic rings. The number of allylic oxidation sites excluding steroid dienone is 1. The third-order valence-electron chi connectivity index (χ3n) is 0.806. The molecule has 0 spiro atoms. The Morgan fingerprint density at radius 1 is 1.75 bits per heavy atom. The fourth-order valence-corrected chi connectivity index (χ4v) is 0.738. The first-order valence-corrected chi connectivity index (χ1v) is 3.39. The van der Waals surface area contributed by atoms with Crippen LogP contribution in [0.25, 0.3) is 0 Å². The third kappa shape index (κ3) is 3.18. The smallest absolute Gasteiger partial charge is 0.174 e. The van der Waals surface area contributed by atoms with Gasteiger partial charge >= 0.3 is 0 Å². The van der Waals surface area contributed by atoms with E-state index in [1.165, 1.54) is 0 Å². The fourth-order valence-electron chi connectivity index (χ4n) is 0.227. The molecule has 0 aliphatic carbocycles. The summed E-state index contributed by atoms with van der Waals surface area (Å²) in [6.45, 7) is 1.66. The zero-order valence-corrected chi connectivity index (χ0v) is 6.22. The van der Waals surface area contributed by atoms with Gasteiger partial charge in [0.25, 0.3) is 0 Å². The van der Waals surface area contributed by atoms with Crippen molar-refractivity contribution in [1.29, 1.82) is 0 Å². The molecule has 0 amide bonds. The molecule has 0 aromatic carbocycles. The van der Waals surface area contributed by atoms with Crippen LogP contribution < -0.4 is 0 Å². The molecule has 0 aliphatic rings.